The Morgan fingerprint density at radius 1 is 1.00 bits per heavy atom. The van der Waals surface area contributed by atoms with Gasteiger partial charge in [0.15, 0.2) is 0 Å². The van der Waals surface area contributed by atoms with E-state index in [9.17, 15) is 10.5 Å². The minimum Gasteiger partial charge on any atom is -0.377 e. The van der Waals surface area contributed by atoms with E-state index in [2.05, 4.69) is 43.3 Å². The zero-order valence-corrected chi connectivity index (χ0v) is 17.4. The summed E-state index contributed by atoms with van der Waals surface area (Å²) in [5, 5.41) is 27.7. The lowest BCUT2D eigenvalue weighted by atomic mass is 9.77. The van der Waals surface area contributed by atoms with Crippen LogP contribution in [0.4, 0.5) is 0 Å². The van der Waals surface area contributed by atoms with Crippen molar-refractivity contribution in [3.05, 3.63) is 83.1 Å². The fourth-order valence-electron chi connectivity index (χ4n) is 5.72. The van der Waals surface area contributed by atoms with Crippen LogP contribution in [0.5, 0.6) is 0 Å². The van der Waals surface area contributed by atoms with Crippen LogP contribution in [0.2, 0.25) is 0 Å². The van der Waals surface area contributed by atoms with Gasteiger partial charge in [0.1, 0.15) is 17.7 Å². The molecule has 5 heteroatoms. The van der Waals surface area contributed by atoms with Gasteiger partial charge in [-0.25, -0.2) is 5.01 Å². The SMILES string of the molecule is CC1=C(N(C)C)C(C#N)(C#N)N2N=C(c3ccccc3)[C@H]3C[C@H]3[C@]12c1ccccc1. The zero-order chi connectivity index (χ0) is 21.1. The zero-order valence-electron chi connectivity index (χ0n) is 17.4. The molecule has 3 atom stereocenters. The van der Waals surface area contributed by atoms with Crippen molar-refractivity contribution in [3.63, 3.8) is 0 Å². The van der Waals surface area contributed by atoms with Crippen molar-refractivity contribution in [2.45, 2.75) is 24.4 Å². The minimum atomic E-state index is -1.48. The van der Waals surface area contributed by atoms with Crippen LogP contribution < -0.4 is 0 Å². The molecule has 1 saturated carbocycles. The summed E-state index contributed by atoms with van der Waals surface area (Å²) in [6, 6.07) is 25.1. The second-order valence-corrected chi connectivity index (χ2v) is 8.55. The molecule has 0 radical (unpaired) electrons. The summed E-state index contributed by atoms with van der Waals surface area (Å²) in [4.78, 5) is 1.92. The van der Waals surface area contributed by atoms with Crippen molar-refractivity contribution < 1.29 is 0 Å². The number of fused-ring (bicyclic) bond motifs is 3. The Hall–Kier alpha value is -3.57. The first-order valence-electron chi connectivity index (χ1n) is 10.2. The lowest BCUT2D eigenvalue weighted by molar-refractivity contribution is 0.0686. The number of rotatable bonds is 3. The number of hydrogen-bond acceptors (Lipinski definition) is 5. The molecule has 30 heavy (non-hydrogen) atoms. The quantitative estimate of drug-likeness (QED) is 0.794. The summed E-state index contributed by atoms with van der Waals surface area (Å²) in [7, 11) is 3.82. The van der Waals surface area contributed by atoms with E-state index < -0.39 is 11.1 Å². The van der Waals surface area contributed by atoms with E-state index in [1.165, 1.54) is 0 Å². The third-order valence-corrected chi connectivity index (χ3v) is 6.86. The fraction of sp³-hybridized carbons (Fsp3) is 0.320. The highest BCUT2D eigenvalue weighted by molar-refractivity contribution is 6.05. The van der Waals surface area contributed by atoms with Crippen LogP contribution >= 0.6 is 0 Å². The van der Waals surface area contributed by atoms with Gasteiger partial charge in [-0.2, -0.15) is 15.6 Å². The van der Waals surface area contributed by atoms with Gasteiger partial charge in [0.25, 0.3) is 5.54 Å². The lowest BCUT2D eigenvalue weighted by Gasteiger charge is -2.45. The molecule has 0 saturated heterocycles. The van der Waals surface area contributed by atoms with E-state index >= 15 is 0 Å². The smallest absolute Gasteiger partial charge is 0.270 e. The Morgan fingerprint density at radius 3 is 2.17 bits per heavy atom. The molecule has 0 amide bonds. The van der Waals surface area contributed by atoms with Gasteiger partial charge in [0, 0.05) is 25.9 Å². The van der Waals surface area contributed by atoms with Crippen molar-refractivity contribution in [1.82, 2.24) is 9.91 Å². The van der Waals surface area contributed by atoms with E-state index in [4.69, 9.17) is 5.10 Å². The van der Waals surface area contributed by atoms with Crippen LogP contribution in [-0.4, -0.2) is 35.3 Å². The molecule has 0 bridgehead atoms. The van der Waals surface area contributed by atoms with Gasteiger partial charge in [-0.15, -0.1) is 0 Å². The van der Waals surface area contributed by atoms with E-state index in [0.717, 1.165) is 34.5 Å². The molecule has 5 rings (SSSR count). The molecule has 1 aliphatic carbocycles. The average molecular weight is 393 g/mol. The molecule has 0 unspecified atom stereocenters. The van der Waals surface area contributed by atoms with E-state index in [0.29, 0.717) is 5.92 Å². The normalized spacial score (nSPS) is 28.0. The third kappa shape index (κ3) is 2.07. The number of hydrazone groups is 1. The topological polar surface area (TPSA) is 66.4 Å². The lowest BCUT2D eigenvalue weighted by Crippen LogP contribution is -2.55. The van der Waals surface area contributed by atoms with Crippen LogP contribution in [0.3, 0.4) is 0 Å². The molecule has 5 nitrogen and oxygen atoms in total. The maximum Gasteiger partial charge on any atom is 0.270 e. The highest BCUT2D eigenvalue weighted by atomic mass is 15.6. The van der Waals surface area contributed by atoms with Crippen LogP contribution in [0.25, 0.3) is 0 Å². The predicted octanol–water partition coefficient (Wildman–Crippen LogP) is 3.87. The number of nitrogens with zero attached hydrogens (tertiary/aromatic N) is 5. The predicted molar refractivity (Wildman–Crippen MR) is 115 cm³/mol. The standard InChI is InChI=1S/C25H23N5/c1-17-23(29(2)3)24(15-26,16-27)30-25(17,19-12-8-5-9-13-19)21-14-20(21)22(28-30)18-10-6-4-7-11-18/h4-13,20-21H,14H2,1-3H3/t20-,21+,25+/m0/s1. The molecule has 2 aromatic carbocycles. The molecule has 1 fully saturated rings. The van der Waals surface area contributed by atoms with Crippen LogP contribution in [0.15, 0.2) is 77.0 Å². The number of hydrogen-bond donors (Lipinski definition) is 0. The molecule has 2 aromatic rings. The van der Waals surface area contributed by atoms with Gasteiger partial charge in [-0.3, -0.25) is 0 Å². The molecule has 3 aliphatic rings. The van der Waals surface area contributed by atoms with E-state index in [-0.39, 0.29) is 5.92 Å². The highest BCUT2D eigenvalue weighted by Crippen LogP contribution is 2.66. The largest absolute Gasteiger partial charge is 0.377 e. The first-order chi connectivity index (χ1) is 14.5. The average Bonchev–Trinajstić information content (AvgIpc) is 3.54. The molecule has 0 spiro atoms. The minimum absolute atomic E-state index is 0.270. The van der Waals surface area contributed by atoms with Crippen LogP contribution in [0, 0.1) is 34.5 Å². The summed E-state index contributed by atoms with van der Waals surface area (Å²) in [6.45, 7) is 2.07. The summed E-state index contributed by atoms with van der Waals surface area (Å²) in [5.41, 5.74) is 2.86. The van der Waals surface area contributed by atoms with Crippen molar-refractivity contribution in [2.24, 2.45) is 16.9 Å². The van der Waals surface area contributed by atoms with Gasteiger partial charge in [0.2, 0.25) is 0 Å². The van der Waals surface area contributed by atoms with Gasteiger partial charge >= 0.3 is 0 Å². The molecule has 2 aliphatic heterocycles. The maximum atomic E-state index is 10.4. The molecule has 0 aromatic heterocycles. The monoisotopic (exact) mass is 393 g/mol. The number of likely N-dealkylation sites (N-methyl/N-ethyl adjacent to an activating group) is 1. The molecular weight excluding hydrogens is 370 g/mol. The Labute approximate surface area is 177 Å². The second-order valence-electron chi connectivity index (χ2n) is 8.55. The summed E-state index contributed by atoms with van der Waals surface area (Å²) in [5.74, 6) is 0.585. The Balaban J connectivity index is 1.84. The van der Waals surface area contributed by atoms with Crippen molar-refractivity contribution in [2.75, 3.05) is 14.1 Å². The number of benzene rings is 2. The first kappa shape index (κ1) is 18.5. The van der Waals surface area contributed by atoms with Gasteiger partial charge in [0.05, 0.1) is 11.4 Å². The third-order valence-electron chi connectivity index (χ3n) is 6.86. The van der Waals surface area contributed by atoms with Crippen molar-refractivity contribution >= 4 is 5.71 Å². The highest BCUT2D eigenvalue weighted by Gasteiger charge is 2.71. The maximum absolute atomic E-state index is 10.4. The molecule has 148 valence electrons. The van der Waals surface area contributed by atoms with Crippen LogP contribution in [-0.2, 0) is 5.54 Å². The van der Waals surface area contributed by atoms with Crippen molar-refractivity contribution in [3.8, 4) is 12.1 Å². The Bertz CT molecular complexity index is 1140. The van der Waals surface area contributed by atoms with E-state index in [1.807, 2.05) is 60.4 Å². The Morgan fingerprint density at radius 2 is 1.60 bits per heavy atom. The number of nitriles is 2. The fourth-order valence-corrected chi connectivity index (χ4v) is 5.72. The molecular formula is C25H23N5. The molecule has 2 heterocycles. The van der Waals surface area contributed by atoms with Gasteiger partial charge < -0.3 is 4.90 Å². The van der Waals surface area contributed by atoms with Gasteiger partial charge in [-0.05, 0) is 30.0 Å². The summed E-state index contributed by atoms with van der Waals surface area (Å²) in [6.07, 6.45) is 0.990. The first-order valence-corrected chi connectivity index (χ1v) is 10.2. The van der Waals surface area contributed by atoms with Crippen molar-refractivity contribution in [1.29, 1.82) is 10.5 Å². The Kier molecular flexibility index (Phi) is 3.82. The second kappa shape index (κ2) is 6.21. The van der Waals surface area contributed by atoms with Gasteiger partial charge in [-0.1, -0.05) is 60.7 Å². The summed E-state index contributed by atoms with van der Waals surface area (Å²) >= 11 is 0. The molecule has 0 N–H and O–H groups in total. The van der Waals surface area contributed by atoms with E-state index in [1.54, 1.807) is 0 Å². The summed E-state index contributed by atoms with van der Waals surface area (Å²) < 4.78 is 0. The van der Waals surface area contributed by atoms with Crippen LogP contribution in [0.1, 0.15) is 24.5 Å².